The molecule has 98 valence electrons. The van der Waals surface area contributed by atoms with Crippen molar-refractivity contribution in [1.82, 2.24) is 4.98 Å². The molecule has 0 atom stereocenters. The number of anilines is 1. The summed E-state index contributed by atoms with van der Waals surface area (Å²) in [6.45, 7) is 1.57. The molecule has 1 amide bonds. The molecule has 6 nitrogen and oxygen atoms in total. The number of carboxylic acids is 1. The zero-order valence-corrected chi connectivity index (χ0v) is 9.81. The summed E-state index contributed by atoms with van der Waals surface area (Å²) >= 11 is 0. The second-order valence-electron chi connectivity index (χ2n) is 3.72. The molecule has 0 spiro atoms. The molecule has 2 rings (SSSR count). The van der Waals surface area contributed by atoms with Gasteiger partial charge in [-0.25, -0.2) is 14.2 Å². The molecular weight excluding hydrogens is 255 g/mol. The van der Waals surface area contributed by atoms with Crippen LogP contribution in [0.3, 0.4) is 0 Å². The number of carboxylic acid groups (broad SMARTS) is 1. The van der Waals surface area contributed by atoms with E-state index in [0.717, 1.165) is 18.5 Å². The fourth-order valence-corrected chi connectivity index (χ4v) is 1.50. The molecule has 0 saturated carbocycles. The van der Waals surface area contributed by atoms with Gasteiger partial charge in [0.05, 0.1) is 16.9 Å². The minimum Gasteiger partial charge on any atom is -0.478 e. The molecule has 0 aliphatic heterocycles. The van der Waals surface area contributed by atoms with Gasteiger partial charge in [-0.2, -0.15) is 0 Å². The predicted octanol–water partition coefficient (Wildman–Crippen LogP) is 2.07. The van der Waals surface area contributed by atoms with Crippen molar-refractivity contribution in [3.8, 4) is 0 Å². The first-order valence-corrected chi connectivity index (χ1v) is 5.23. The maximum absolute atomic E-state index is 13.0. The molecule has 0 aliphatic rings. The number of aromatic nitrogens is 1. The molecule has 2 aromatic rings. The van der Waals surface area contributed by atoms with Gasteiger partial charge in [-0.15, -0.1) is 0 Å². The second-order valence-corrected chi connectivity index (χ2v) is 3.72. The molecule has 0 radical (unpaired) electrons. The number of carbonyl (C=O) groups excluding carboxylic acids is 1. The van der Waals surface area contributed by atoms with E-state index in [4.69, 9.17) is 9.52 Å². The number of halogens is 1. The Bertz CT molecular complexity index is 651. The standard InChI is InChI=1S/C12H9FN2O4/c1-6-10(19-5-14-6)11(16)15-9-3-2-7(13)4-8(9)12(17)18/h2-5H,1H3,(H,15,16)(H,17,18). The van der Waals surface area contributed by atoms with Crippen LogP contribution in [0.15, 0.2) is 29.0 Å². The lowest BCUT2D eigenvalue weighted by Crippen LogP contribution is -2.15. The molecule has 1 aromatic heterocycles. The zero-order valence-electron chi connectivity index (χ0n) is 9.81. The summed E-state index contributed by atoms with van der Waals surface area (Å²) in [5, 5.41) is 11.3. The molecule has 19 heavy (non-hydrogen) atoms. The molecule has 7 heteroatoms. The van der Waals surface area contributed by atoms with Crippen molar-refractivity contribution < 1.29 is 23.5 Å². The van der Waals surface area contributed by atoms with Gasteiger partial charge in [0.1, 0.15) is 5.82 Å². The maximum atomic E-state index is 13.0. The molecule has 1 aromatic carbocycles. The lowest BCUT2D eigenvalue weighted by atomic mass is 10.1. The highest BCUT2D eigenvalue weighted by atomic mass is 19.1. The van der Waals surface area contributed by atoms with Crippen LogP contribution in [-0.2, 0) is 0 Å². The highest BCUT2D eigenvalue weighted by Crippen LogP contribution is 2.18. The van der Waals surface area contributed by atoms with Crippen molar-refractivity contribution in [2.24, 2.45) is 0 Å². The highest BCUT2D eigenvalue weighted by Gasteiger charge is 2.18. The van der Waals surface area contributed by atoms with Gasteiger partial charge >= 0.3 is 5.97 Å². The molecular formula is C12H9FN2O4. The molecule has 1 heterocycles. The lowest BCUT2D eigenvalue weighted by molar-refractivity contribution is 0.0697. The van der Waals surface area contributed by atoms with E-state index >= 15 is 0 Å². The van der Waals surface area contributed by atoms with Gasteiger partial charge in [0.15, 0.2) is 6.39 Å². The Morgan fingerprint density at radius 1 is 1.42 bits per heavy atom. The fraction of sp³-hybridized carbons (Fsp3) is 0.0833. The van der Waals surface area contributed by atoms with E-state index in [-0.39, 0.29) is 17.0 Å². The summed E-state index contributed by atoms with van der Waals surface area (Å²) in [5.41, 5.74) is 0.0108. The Morgan fingerprint density at radius 2 is 2.16 bits per heavy atom. The van der Waals surface area contributed by atoms with E-state index in [1.165, 1.54) is 6.07 Å². The number of amides is 1. The van der Waals surface area contributed by atoms with Crippen LogP contribution < -0.4 is 5.32 Å². The van der Waals surface area contributed by atoms with Crippen LogP contribution in [0, 0.1) is 12.7 Å². The van der Waals surface area contributed by atoms with E-state index < -0.39 is 17.7 Å². The average molecular weight is 264 g/mol. The number of aromatic carboxylic acids is 1. The van der Waals surface area contributed by atoms with Crippen molar-refractivity contribution in [2.45, 2.75) is 6.92 Å². The number of hydrogen-bond acceptors (Lipinski definition) is 4. The van der Waals surface area contributed by atoms with Gasteiger partial charge in [-0.05, 0) is 25.1 Å². The van der Waals surface area contributed by atoms with Gasteiger partial charge < -0.3 is 14.8 Å². The third-order valence-electron chi connectivity index (χ3n) is 2.41. The Labute approximate surface area is 106 Å². The van der Waals surface area contributed by atoms with Crippen molar-refractivity contribution in [3.05, 3.63) is 47.4 Å². The first-order valence-electron chi connectivity index (χ1n) is 5.23. The average Bonchev–Trinajstić information content (AvgIpc) is 2.77. The molecule has 0 unspecified atom stereocenters. The Balaban J connectivity index is 2.32. The third kappa shape index (κ3) is 2.59. The van der Waals surface area contributed by atoms with E-state index in [2.05, 4.69) is 10.3 Å². The van der Waals surface area contributed by atoms with Crippen LogP contribution in [0.5, 0.6) is 0 Å². The van der Waals surface area contributed by atoms with Crippen molar-refractivity contribution in [1.29, 1.82) is 0 Å². The Morgan fingerprint density at radius 3 is 2.74 bits per heavy atom. The summed E-state index contributed by atoms with van der Waals surface area (Å²) in [6.07, 6.45) is 1.10. The van der Waals surface area contributed by atoms with Crippen LogP contribution in [-0.4, -0.2) is 22.0 Å². The normalized spacial score (nSPS) is 10.2. The summed E-state index contributed by atoms with van der Waals surface area (Å²) < 4.78 is 17.9. The van der Waals surface area contributed by atoms with E-state index in [1.54, 1.807) is 6.92 Å². The SMILES string of the molecule is Cc1ncoc1C(=O)Nc1ccc(F)cc1C(=O)O. The predicted molar refractivity (Wildman–Crippen MR) is 62.6 cm³/mol. The number of benzene rings is 1. The summed E-state index contributed by atoms with van der Waals surface area (Å²) in [5.74, 6) is -2.72. The Hall–Kier alpha value is -2.70. The minimum absolute atomic E-state index is 0.0188. The van der Waals surface area contributed by atoms with Crippen molar-refractivity contribution in [2.75, 3.05) is 5.32 Å². The van der Waals surface area contributed by atoms with Crippen molar-refractivity contribution in [3.63, 3.8) is 0 Å². The van der Waals surface area contributed by atoms with Crippen molar-refractivity contribution >= 4 is 17.6 Å². The zero-order chi connectivity index (χ0) is 14.0. The monoisotopic (exact) mass is 264 g/mol. The van der Waals surface area contributed by atoms with Crippen LogP contribution in [0.1, 0.15) is 26.6 Å². The first-order chi connectivity index (χ1) is 8.99. The van der Waals surface area contributed by atoms with E-state index in [0.29, 0.717) is 5.69 Å². The van der Waals surface area contributed by atoms with Gasteiger partial charge in [0.25, 0.3) is 5.91 Å². The molecule has 0 bridgehead atoms. The summed E-state index contributed by atoms with van der Waals surface area (Å²) in [7, 11) is 0. The van der Waals surface area contributed by atoms with Gasteiger partial charge in [0.2, 0.25) is 5.76 Å². The van der Waals surface area contributed by atoms with Gasteiger partial charge in [0, 0.05) is 0 Å². The van der Waals surface area contributed by atoms with Crippen LogP contribution in [0.4, 0.5) is 10.1 Å². The topological polar surface area (TPSA) is 92.4 Å². The largest absolute Gasteiger partial charge is 0.478 e. The first kappa shape index (κ1) is 12.7. The summed E-state index contributed by atoms with van der Waals surface area (Å²) in [4.78, 5) is 26.5. The lowest BCUT2D eigenvalue weighted by Gasteiger charge is -2.07. The number of nitrogens with one attached hydrogen (secondary N) is 1. The summed E-state index contributed by atoms with van der Waals surface area (Å²) in [6, 6.07) is 3.04. The van der Waals surface area contributed by atoms with Gasteiger partial charge in [-0.3, -0.25) is 4.79 Å². The smallest absolute Gasteiger partial charge is 0.337 e. The van der Waals surface area contributed by atoms with Crippen LogP contribution in [0.25, 0.3) is 0 Å². The molecule has 0 fully saturated rings. The number of oxazole rings is 1. The highest BCUT2D eigenvalue weighted by molar-refractivity contribution is 6.06. The quantitative estimate of drug-likeness (QED) is 0.885. The van der Waals surface area contributed by atoms with E-state index in [9.17, 15) is 14.0 Å². The second kappa shape index (κ2) is 4.89. The van der Waals surface area contributed by atoms with Gasteiger partial charge in [-0.1, -0.05) is 0 Å². The van der Waals surface area contributed by atoms with E-state index in [1.807, 2.05) is 0 Å². The van der Waals surface area contributed by atoms with Crippen LogP contribution >= 0.6 is 0 Å². The number of nitrogens with zero attached hydrogens (tertiary/aromatic N) is 1. The minimum atomic E-state index is -1.34. The fourth-order valence-electron chi connectivity index (χ4n) is 1.50. The van der Waals surface area contributed by atoms with Crippen LogP contribution in [0.2, 0.25) is 0 Å². The molecule has 0 saturated heterocycles. The molecule has 0 aliphatic carbocycles. The number of rotatable bonds is 3. The molecule has 2 N–H and O–H groups in total. The Kier molecular flexibility index (Phi) is 3.28. The number of hydrogen-bond donors (Lipinski definition) is 2. The third-order valence-corrected chi connectivity index (χ3v) is 2.41. The number of aryl methyl sites for hydroxylation is 1. The maximum Gasteiger partial charge on any atom is 0.337 e. The number of carbonyl (C=O) groups is 2.